The van der Waals surface area contributed by atoms with Gasteiger partial charge in [-0.25, -0.2) is 8.42 Å². The number of nitrogens with one attached hydrogen (secondary N) is 1. The predicted molar refractivity (Wildman–Crippen MR) is 74.8 cm³/mol. The van der Waals surface area contributed by atoms with Gasteiger partial charge in [0.15, 0.2) is 14.9 Å². The minimum atomic E-state index is -2.90. The lowest BCUT2D eigenvalue weighted by Gasteiger charge is -2.29. The predicted octanol–water partition coefficient (Wildman–Crippen LogP) is 0.722. The molecule has 96 valence electrons. The number of sulfone groups is 1. The monoisotopic (exact) mass is 274 g/mol. The van der Waals surface area contributed by atoms with E-state index < -0.39 is 9.84 Å². The Hall–Kier alpha value is -0.880. The van der Waals surface area contributed by atoms with E-state index in [0.717, 1.165) is 0 Å². The largest absolute Gasteiger partial charge is 0.359 e. The second kappa shape index (κ2) is 6.16. The lowest BCUT2D eigenvalue weighted by atomic mass is 10.2. The third kappa shape index (κ3) is 4.12. The van der Waals surface area contributed by atoms with Gasteiger partial charge in [-0.1, -0.05) is 12.2 Å². The Labute approximate surface area is 108 Å². The van der Waals surface area contributed by atoms with E-state index in [1.165, 1.54) is 0 Å². The fourth-order valence-electron chi connectivity index (χ4n) is 1.82. The Kier molecular flexibility index (Phi) is 5.14. The molecule has 4 nitrogen and oxygen atoms in total. The van der Waals surface area contributed by atoms with Gasteiger partial charge in [-0.2, -0.15) is 0 Å². The zero-order chi connectivity index (χ0) is 12.9. The summed E-state index contributed by atoms with van der Waals surface area (Å²) in [5.74, 6) is 0.423. The van der Waals surface area contributed by atoms with Crippen LogP contribution >= 0.6 is 12.2 Å². The van der Waals surface area contributed by atoms with Crippen molar-refractivity contribution in [3.05, 3.63) is 25.3 Å². The Bertz CT molecular complexity index is 404. The summed E-state index contributed by atoms with van der Waals surface area (Å²) < 4.78 is 22.9. The summed E-state index contributed by atoms with van der Waals surface area (Å²) in [6.07, 6.45) is 4.07. The van der Waals surface area contributed by atoms with Gasteiger partial charge in [-0.05, 0) is 18.6 Å². The van der Waals surface area contributed by atoms with Crippen LogP contribution in [0, 0.1) is 0 Å². The molecule has 0 aliphatic carbocycles. The molecule has 1 N–H and O–H groups in total. The van der Waals surface area contributed by atoms with Gasteiger partial charge in [0, 0.05) is 19.1 Å². The van der Waals surface area contributed by atoms with Crippen LogP contribution in [-0.4, -0.2) is 49.1 Å². The molecule has 1 aliphatic heterocycles. The SMILES string of the molecule is C=CCNC(=S)N(CC=C)[C@H]1CCS(=O)(=O)C1. The molecule has 17 heavy (non-hydrogen) atoms. The summed E-state index contributed by atoms with van der Waals surface area (Å²) in [7, 11) is -2.90. The van der Waals surface area contributed by atoms with Gasteiger partial charge in [0.1, 0.15) is 0 Å². The molecule has 1 heterocycles. The molecular weight excluding hydrogens is 256 g/mol. The topological polar surface area (TPSA) is 49.4 Å². The van der Waals surface area contributed by atoms with Crippen LogP contribution in [0.3, 0.4) is 0 Å². The molecule has 0 bridgehead atoms. The third-order valence-corrected chi connectivity index (χ3v) is 4.76. The first-order chi connectivity index (χ1) is 8.00. The molecule has 1 atom stereocenters. The first-order valence-electron chi connectivity index (χ1n) is 5.47. The number of rotatable bonds is 5. The minimum Gasteiger partial charge on any atom is -0.359 e. The van der Waals surface area contributed by atoms with Crippen molar-refractivity contribution >= 4 is 27.2 Å². The average Bonchev–Trinajstić information content (AvgIpc) is 2.63. The number of hydrogen-bond acceptors (Lipinski definition) is 3. The van der Waals surface area contributed by atoms with Gasteiger partial charge in [-0.3, -0.25) is 0 Å². The molecule has 1 rings (SSSR count). The third-order valence-electron chi connectivity index (χ3n) is 2.63. The number of nitrogens with zero attached hydrogens (tertiary/aromatic N) is 1. The van der Waals surface area contributed by atoms with E-state index in [-0.39, 0.29) is 17.5 Å². The first-order valence-corrected chi connectivity index (χ1v) is 7.70. The van der Waals surface area contributed by atoms with Gasteiger partial charge in [0.05, 0.1) is 11.5 Å². The highest BCUT2D eigenvalue weighted by molar-refractivity contribution is 7.91. The fourth-order valence-corrected chi connectivity index (χ4v) is 3.86. The quantitative estimate of drug-likeness (QED) is 0.591. The molecule has 0 aromatic heterocycles. The van der Waals surface area contributed by atoms with Crippen molar-refractivity contribution in [2.45, 2.75) is 12.5 Å². The Morgan fingerprint density at radius 1 is 1.47 bits per heavy atom. The van der Waals surface area contributed by atoms with E-state index in [1.54, 1.807) is 12.2 Å². The zero-order valence-electron chi connectivity index (χ0n) is 9.76. The van der Waals surface area contributed by atoms with E-state index in [4.69, 9.17) is 12.2 Å². The molecule has 0 aromatic rings. The maximum atomic E-state index is 11.5. The van der Waals surface area contributed by atoms with Gasteiger partial charge in [-0.15, -0.1) is 13.2 Å². The molecule has 1 fully saturated rings. The normalized spacial score (nSPS) is 21.8. The molecule has 1 saturated heterocycles. The summed E-state index contributed by atoms with van der Waals surface area (Å²) in [6.45, 7) is 8.41. The molecule has 0 radical (unpaired) electrons. The van der Waals surface area contributed by atoms with Crippen LogP contribution in [-0.2, 0) is 9.84 Å². The van der Waals surface area contributed by atoms with Crippen molar-refractivity contribution in [2.24, 2.45) is 0 Å². The average molecular weight is 274 g/mol. The molecule has 0 unspecified atom stereocenters. The maximum Gasteiger partial charge on any atom is 0.169 e. The van der Waals surface area contributed by atoms with Crippen molar-refractivity contribution in [3.63, 3.8) is 0 Å². The zero-order valence-corrected chi connectivity index (χ0v) is 11.4. The molecular formula is C11H18N2O2S2. The van der Waals surface area contributed by atoms with Gasteiger partial charge >= 0.3 is 0 Å². The smallest absolute Gasteiger partial charge is 0.169 e. The van der Waals surface area contributed by atoms with E-state index in [2.05, 4.69) is 18.5 Å². The summed E-state index contributed by atoms with van der Waals surface area (Å²) in [6, 6.07) is -0.0391. The van der Waals surface area contributed by atoms with Crippen molar-refractivity contribution in [2.75, 3.05) is 24.6 Å². The summed E-state index contributed by atoms with van der Waals surface area (Å²) in [5, 5.41) is 3.58. The van der Waals surface area contributed by atoms with Crippen LogP contribution in [0.2, 0.25) is 0 Å². The van der Waals surface area contributed by atoms with Crippen LogP contribution in [0.15, 0.2) is 25.3 Å². The van der Waals surface area contributed by atoms with Crippen LogP contribution in [0.5, 0.6) is 0 Å². The number of thiocarbonyl (C=S) groups is 1. The van der Waals surface area contributed by atoms with E-state index in [0.29, 0.717) is 24.6 Å². The molecule has 0 saturated carbocycles. The van der Waals surface area contributed by atoms with Crippen molar-refractivity contribution < 1.29 is 8.42 Å². The molecule has 0 aromatic carbocycles. The molecule has 6 heteroatoms. The Morgan fingerprint density at radius 3 is 2.65 bits per heavy atom. The fraction of sp³-hybridized carbons (Fsp3) is 0.545. The van der Waals surface area contributed by atoms with Crippen LogP contribution < -0.4 is 5.32 Å². The molecule has 0 spiro atoms. The number of hydrogen-bond donors (Lipinski definition) is 1. The summed E-state index contributed by atoms with van der Waals surface area (Å²) in [4.78, 5) is 1.89. The van der Waals surface area contributed by atoms with Crippen molar-refractivity contribution in [1.29, 1.82) is 0 Å². The summed E-state index contributed by atoms with van der Waals surface area (Å²) in [5.41, 5.74) is 0. The Balaban J connectivity index is 2.68. The van der Waals surface area contributed by atoms with Crippen molar-refractivity contribution in [3.8, 4) is 0 Å². The van der Waals surface area contributed by atoms with E-state index >= 15 is 0 Å². The Morgan fingerprint density at radius 2 is 2.18 bits per heavy atom. The van der Waals surface area contributed by atoms with Gasteiger partial charge in [0.2, 0.25) is 0 Å². The highest BCUT2D eigenvalue weighted by Gasteiger charge is 2.32. The lowest BCUT2D eigenvalue weighted by molar-refractivity contribution is 0.361. The van der Waals surface area contributed by atoms with Crippen LogP contribution in [0.25, 0.3) is 0 Å². The van der Waals surface area contributed by atoms with Crippen LogP contribution in [0.1, 0.15) is 6.42 Å². The highest BCUT2D eigenvalue weighted by atomic mass is 32.2. The van der Waals surface area contributed by atoms with Gasteiger partial charge in [0.25, 0.3) is 0 Å². The maximum absolute atomic E-state index is 11.5. The highest BCUT2D eigenvalue weighted by Crippen LogP contribution is 2.17. The second-order valence-corrected chi connectivity index (χ2v) is 6.59. The first kappa shape index (κ1) is 14.2. The van der Waals surface area contributed by atoms with Crippen molar-refractivity contribution in [1.82, 2.24) is 10.2 Å². The van der Waals surface area contributed by atoms with E-state index in [1.807, 2.05) is 4.90 Å². The standard InChI is InChI=1S/C11H18N2O2S2/c1-3-6-12-11(16)13(7-4-2)10-5-8-17(14,15)9-10/h3-4,10H,1-2,5-9H2,(H,12,16)/t10-/m0/s1. The van der Waals surface area contributed by atoms with Crippen LogP contribution in [0.4, 0.5) is 0 Å². The minimum absolute atomic E-state index is 0.0391. The van der Waals surface area contributed by atoms with E-state index in [9.17, 15) is 8.42 Å². The second-order valence-electron chi connectivity index (χ2n) is 3.97. The summed E-state index contributed by atoms with van der Waals surface area (Å²) >= 11 is 5.24. The molecule has 0 amide bonds. The lowest BCUT2D eigenvalue weighted by Crippen LogP contribution is -2.46. The molecule has 1 aliphatic rings. The van der Waals surface area contributed by atoms with Gasteiger partial charge < -0.3 is 10.2 Å².